The van der Waals surface area contributed by atoms with Crippen molar-refractivity contribution in [2.75, 3.05) is 7.11 Å². The Labute approximate surface area is 97.9 Å². The molecule has 2 heterocycles. The average molecular weight is 238 g/mol. The second-order valence-corrected chi connectivity index (χ2v) is 4.54. The molecule has 2 rings (SSSR count). The predicted octanol–water partition coefficient (Wildman–Crippen LogP) is 1.32. The van der Waals surface area contributed by atoms with E-state index >= 15 is 0 Å². The molecule has 0 radical (unpaired) electrons. The fourth-order valence-electron chi connectivity index (χ4n) is 1.63. The molecule has 0 spiro atoms. The maximum atomic E-state index is 5.57. The molecule has 0 aliphatic heterocycles. The molecule has 0 bridgehead atoms. The summed E-state index contributed by atoms with van der Waals surface area (Å²) in [6.07, 6.45) is 1.80. The van der Waals surface area contributed by atoms with E-state index in [0.29, 0.717) is 6.54 Å². The van der Waals surface area contributed by atoms with Gasteiger partial charge in [-0.2, -0.15) is 5.10 Å². The van der Waals surface area contributed by atoms with E-state index in [9.17, 15) is 0 Å². The summed E-state index contributed by atoms with van der Waals surface area (Å²) in [5.41, 5.74) is 7.44. The van der Waals surface area contributed by atoms with Gasteiger partial charge in [-0.05, 0) is 6.92 Å². The molecule has 0 amide bonds. The number of thiazole rings is 1. The summed E-state index contributed by atoms with van der Waals surface area (Å²) >= 11 is 1.57. The van der Waals surface area contributed by atoms with Crippen molar-refractivity contribution in [3.63, 3.8) is 0 Å². The van der Waals surface area contributed by atoms with E-state index in [4.69, 9.17) is 10.5 Å². The molecule has 6 heteroatoms. The molecule has 0 saturated heterocycles. The number of rotatable bonds is 3. The molecule has 2 N–H and O–H groups in total. The Hall–Kier alpha value is -1.40. The van der Waals surface area contributed by atoms with Gasteiger partial charge >= 0.3 is 0 Å². The van der Waals surface area contributed by atoms with Crippen LogP contribution >= 0.6 is 11.3 Å². The topological polar surface area (TPSA) is 66.0 Å². The van der Waals surface area contributed by atoms with Crippen LogP contribution < -0.4 is 10.5 Å². The Morgan fingerprint density at radius 2 is 2.31 bits per heavy atom. The lowest BCUT2D eigenvalue weighted by molar-refractivity contribution is 0.375. The van der Waals surface area contributed by atoms with Gasteiger partial charge < -0.3 is 10.5 Å². The number of hydrogen-bond acceptors (Lipinski definition) is 5. The van der Waals surface area contributed by atoms with Crippen LogP contribution in [0.4, 0.5) is 0 Å². The fraction of sp³-hybridized carbons (Fsp3) is 0.400. The molecule has 0 saturated carbocycles. The Morgan fingerprint density at radius 3 is 2.88 bits per heavy atom. The van der Waals surface area contributed by atoms with Crippen molar-refractivity contribution in [2.45, 2.75) is 13.5 Å². The largest absolute Gasteiger partial charge is 0.481 e. The third-order valence-electron chi connectivity index (χ3n) is 2.33. The van der Waals surface area contributed by atoms with Crippen molar-refractivity contribution in [2.24, 2.45) is 12.8 Å². The highest BCUT2D eigenvalue weighted by Crippen LogP contribution is 2.34. The molecular formula is C10H14N4OS. The SMILES string of the molecule is COc1c(-c2ncc(CN)s2)c(C)nn1C. The van der Waals surface area contributed by atoms with Gasteiger partial charge in [0.1, 0.15) is 5.01 Å². The molecule has 2 aromatic rings. The summed E-state index contributed by atoms with van der Waals surface area (Å²) in [6, 6.07) is 0. The lowest BCUT2D eigenvalue weighted by atomic mass is 10.2. The van der Waals surface area contributed by atoms with E-state index in [1.54, 1.807) is 29.3 Å². The third-order valence-corrected chi connectivity index (χ3v) is 3.37. The second kappa shape index (κ2) is 4.23. The van der Waals surface area contributed by atoms with Crippen molar-refractivity contribution in [3.8, 4) is 16.5 Å². The number of methoxy groups -OCH3 is 1. The van der Waals surface area contributed by atoms with E-state index in [1.165, 1.54) is 0 Å². The molecule has 2 aromatic heterocycles. The second-order valence-electron chi connectivity index (χ2n) is 3.43. The first-order valence-corrected chi connectivity index (χ1v) is 5.71. The molecule has 0 aliphatic carbocycles. The normalized spacial score (nSPS) is 10.8. The first kappa shape index (κ1) is 11.1. The zero-order chi connectivity index (χ0) is 11.7. The first-order chi connectivity index (χ1) is 7.67. The lowest BCUT2D eigenvalue weighted by Crippen LogP contribution is -1.95. The van der Waals surface area contributed by atoms with Crippen molar-refractivity contribution in [1.82, 2.24) is 14.8 Å². The van der Waals surface area contributed by atoms with Gasteiger partial charge in [0.25, 0.3) is 0 Å². The van der Waals surface area contributed by atoms with Crippen LogP contribution in [-0.2, 0) is 13.6 Å². The van der Waals surface area contributed by atoms with Crippen LogP contribution in [0.1, 0.15) is 10.6 Å². The summed E-state index contributed by atoms with van der Waals surface area (Å²) in [6.45, 7) is 2.46. The zero-order valence-corrected chi connectivity index (χ0v) is 10.3. The van der Waals surface area contributed by atoms with Gasteiger partial charge in [-0.25, -0.2) is 9.67 Å². The summed E-state index contributed by atoms with van der Waals surface area (Å²) in [7, 11) is 3.49. The van der Waals surface area contributed by atoms with Crippen LogP contribution in [0.25, 0.3) is 10.6 Å². The Morgan fingerprint density at radius 1 is 1.56 bits per heavy atom. The predicted molar refractivity (Wildman–Crippen MR) is 63.5 cm³/mol. The summed E-state index contributed by atoms with van der Waals surface area (Å²) in [5.74, 6) is 0.732. The quantitative estimate of drug-likeness (QED) is 0.875. The molecule has 86 valence electrons. The van der Waals surface area contributed by atoms with E-state index in [0.717, 1.165) is 27.0 Å². The number of nitrogens with two attached hydrogens (primary N) is 1. The molecule has 0 atom stereocenters. The molecule has 16 heavy (non-hydrogen) atoms. The molecule has 5 nitrogen and oxygen atoms in total. The van der Waals surface area contributed by atoms with E-state index < -0.39 is 0 Å². The van der Waals surface area contributed by atoms with E-state index in [1.807, 2.05) is 14.0 Å². The Balaban J connectivity index is 2.54. The summed E-state index contributed by atoms with van der Waals surface area (Å²) in [4.78, 5) is 5.40. The van der Waals surface area contributed by atoms with Crippen molar-refractivity contribution >= 4 is 11.3 Å². The Kier molecular flexibility index (Phi) is 2.93. The highest BCUT2D eigenvalue weighted by molar-refractivity contribution is 7.15. The van der Waals surface area contributed by atoms with Crippen molar-refractivity contribution < 1.29 is 4.74 Å². The van der Waals surface area contributed by atoms with Gasteiger partial charge in [0.05, 0.1) is 18.4 Å². The molecule has 0 aliphatic rings. The number of nitrogens with zero attached hydrogens (tertiary/aromatic N) is 3. The maximum absolute atomic E-state index is 5.57. The monoisotopic (exact) mass is 238 g/mol. The minimum atomic E-state index is 0.513. The lowest BCUT2D eigenvalue weighted by Gasteiger charge is -2.01. The van der Waals surface area contributed by atoms with E-state index in [-0.39, 0.29) is 0 Å². The maximum Gasteiger partial charge on any atom is 0.222 e. The molecule has 0 fully saturated rings. The minimum Gasteiger partial charge on any atom is -0.481 e. The van der Waals surface area contributed by atoms with Gasteiger partial charge in [0.15, 0.2) is 0 Å². The number of aryl methyl sites for hydroxylation is 2. The molecular weight excluding hydrogens is 224 g/mol. The number of aromatic nitrogens is 3. The highest BCUT2D eigenvalue weighted by atomic mass is 32.1. The summed E-state index contributed by atoms with van der Waals surface area (Å²) in [5, 5.41) is 5.23. The fourth-order valence-corrected chi connectivity index (χ4v) is 2.51. The number of hydrogen-bond donors (Lipinski definition) is 1. The zero-order valence-electron chi connectivity index (χ0n) is 9.52. The van der Waals surface area contributed by atoms with Crippen molar-refractivity contribution in [1.29, 1.82) is 0 Å². The van der Waals surface area contributed by atoms with Gasteiger partial charge in [-0.3, -0.25) is 0 Å². The average Bonchev–Trinajstić information content (AvgIpc) is 2.82. The van der Waals surface area contributed by atoms with Gasteiger partial charge in [0, 0.05) is 24.7 Å². The van der Waals surface area contributed by atoms with Gasteiger partial charge in [-0.1, -0.05) is 0 Å². The van der Waals surface area contributed by atoms with Crippen LogP contribution in [-0.4, -0.2) is 21.9 Å². The van der Waals surface area contributed by atoms with Gasteiger partial charge in [-0.15, -0.1) is 11.3 Å². The standard InChI is InChI=1S/C10H14N4OS/c1-6-8(10(15-3)14(2)13-6)9-12-5-7(4-11)16-9/h5H,4,11H2,1-3H3. The van der Waals surface area contributed by atoms with Crippen LogP contribution in [0.3, 0.4) is 0 Å². The smallest absolute Gasteiger partial charge is 0.222 e. The van der Waals surface area contributed by atoms with E-state index in [2.05, 4.69) is 10.1 Å². The van der Waals surface area contributed by atoms with Gasteiger partial charge in [0.2, 0.25) is 5.88 Å². The third kappa shape index (κ3) is 1.70. The van der Waals surface area contributed by atoms with Crippen LogP contribution in [0, 0.1) is 6.92 Å². The Bertz CT molecular complexity index is 503. The van der Waals surface area contributed by atoms with Crippen LogP contribution in [0.5, 0.6) is 5.88 Å². The molecule has 0 unspecified atom stereocenters. The molecule has 0 aromatic carbocycles. The minimum absolute atomic E-state index is 0.513. The van der Waals surface area contributed by atoms with Crippen molar-refractivity contribution in [3.05, 3.63) is 16.8 Å². The summed E-state index contributed by atoms with van der Waals surface area (Å²) < 4.78 is 7.05. The highest BCUT2D eigenvalue weighted by Gasteiger charge is 2.18. The number of ether oxygens (including phenoxy) is 1. The van der Waals surface area contributed by atoms with Crippen LogP contribution in [0.15, 0.2) is 6.20 Å². The first-order valence-electron chi connectivity index (χ1n) is 4.90. The van der Waals surface area contributed by atoms with Crippen LogP contribution in [0.2, 0.25) is 0 Å².